The molecule has 5 heteroatoms. The highest BCUT2D eigenvalue weighted by molar-refractivity contribution is 5.76. The molecule has 4 nitrogen and oxygen atoms in total. The normalized spacial score (nSPS) is 19.6. The van der Waals surface area contributed by atoms with Gasteiger partial charge in [0.2, 0.25) is 6.17 Å². The van der Waals surface area contributed by atoms with E-state index in [1.165, 1.54) is 21.0 Å². The molecular formula is C9H17FO4. The van der Waals surface area contributed by atoms with E-state index in [0.717, 1.165) is 0 Å². The summed E-state index contributed by atoms with van der Waals surface area (Å²) < 4.78 is 22.6. The van der Waals surface area contributed by atoms with E-state index in [2.05, 4.69) is 4.74 Å². The average Bonchev–Trinajstić information content (AvgIpc) is 2.15. The van der Waals surface area contributed by atoms with Gasteiger partial charge >= 0.3 is 5.97 Å². The van der Waals surface area contributed by atoms with Gasteiger partial charge in [-0.1, -0.05) is 0 Å². The van der Waals surface area contributed by atoms with Crippen LogP contribution in [0.25, 0.3) is 0 Å². The van der Waals surface area contributed by atoms with Gasteiger partial charge in [-0.05, 0) is 20.8 Å². The third kappa shape index (κ3) is 2.92. The minimum Gasteiger partial charge on any atom is -0.464 e. The van der Waals surface area contributed by atoms with Gasteiger partial charge in [-0.2, -0.15) is 0 Å². The molecule has 0 aliphatic heterocycles. The molecule has 14 heavy (non-hydrogen) atoms. The molecule has 84 valence electrons. The zero-order valence-corrected chi connectivity index (χ0v) is 8.91. The Morgan fingerprint density at radius 3 is 2.50 bits per heavy atom. The molecule has 0 aromatic rings. The first kappa shape index (κ1) is 13.3. The molecule has 3 unspecified atom stereocenters. The summed E-state index contributed by atoms with van der Waals surface area (Å²) in [5, 5.41) is 9.65. The average molecular weight is 208 g/mol. The first-order valence-electron chi connectivity index (χ1n) is 4.43. The maximum Gasteiger partial charge on any atom is 0.343 e. The van der Waals surface area contributed by atoms with Crippen LogP contribution in [0.4, 0.5) is 4.39 Å². The van der Waals surface area contributed by atoms with Crippen LogP contribution in [-0.4, -0.2) is 42.7 Å². The van der Waals surface area contributed by atoms with Crippen LogP contribution in [0.1, 0.15) is 20.8 Å². The quantitative estimate of drug-likeness (QED) is 0.675. The third-order valence-corrected chi connectivity index (χ3v) is 2.18. The van der Waals surface area contributed by atoms with Crippen molar-refractivity contribution < 1.29 is 23.8 Å². The molecular weight excluding hydrogens is 191 g/mol. The van der Waals surface area contributed by atoms with E-state index in [0.29, 0.717) is 0 Å². The fraction of sp³-hybridized carbons (Fsp3) is 0.889. The van der Waals surface area contributed by atoms with E-state index in [4.69, 9.17) is 4.74 Å². The van der Waals surface area contributed by atoms with E-state index in [1.807, 2.05) is 0 Å². The standard InChI is InChI=1S/C9H17FO4/c1-5-14-8(11)7(10)9(3,12)6(2)13-4/h6-7,12H,5H2,1-4H3. The van der Waals surface area contributed by atoms with Crippen molar-refractivity contribution in [1.29, 1.82) is 0 Å². The molecule has 0 fully saturated rings. The number of methoxy groups -OCH3 is 1. The molecule has 0 rings (SSSR count). The molecule has 0 spiro atoms. The maximum atomic E-state index is 13.4. The van der Waals surface area contributed by atoms with Crippen LogP contribution >= 0.6 is 0 Å². The number of ether oxygens (including phenoxy) is 2. The van der Waals surface area contributed by atoms with Gasteiger partial charge in [0.25, 0.3) is 0 Å². The van der Waals surface area contributed by atoms with Crippen LogP contribution < -0.4 is 0 Å². The minimum absolute atomic E-state index is 0.0801. The summed E-state index contributed by atoms with van der Waals surface area (Å²) >= 11 is 0. The largest absolute Gasteiger partial charge is 0.464 e. The number of carbonyl (C=O) groups is 1. The van der Waals surface area contributed by atoms with Gasteiger partial charge in [0, 0.05) is 7.11 Å². The minimum atomic E-state index is -2.10. The maximum absolute atomic E-state index is 13.4. The number of aliphatic hydroxyl groups is 1. The molecule has 0 aliphatic rings. The molecule has 0 saturated carbocycles. The van der Waals surface area contributed by atoms with Crippen LogP contribution in [-0.2, 0) is 14.3 Å². The molecule has 0 radical (unpaired) electrons. The number of alkyl halides is 1. The third-order valence-electron chi connectivity index (χ3n) is 2.18. The monoisotopic (exact) mass is 208 g/mol. The highest BCUT2D eigenvalue weighted by Gasteiger charge is 2.43. The van der Waals surface area contributed by atoms with Crippen molar-refractivity contribution in [2.45, 2.75) is 38.6 Å². The summed E-state index contributed by atoms with van der Waals surface area (Å²) in [7, 11) is 1.33. The van der Waals surface area contributed by atoms with Gasteiger partial charge in [-0.25, -0.2) is 9.18 Å². The summed E-state index contributed by atoms with van der Waals surface area (Å²) in [4.78, 5) is 11.0. The topological polar surface area (TPSA) is 55.8 Å². The van der Waals surface area contributed by atoms with Gasteiger partial charge in [-0.3, -0.25) is 0 Å². The number of esters is 1. The number of halogens is 1. The van der Waals surface area contributed by atoms with Crippen LogP contribution in [0.3, 0.4) is 0 Å². The predicted molar refractivity (Wildman–Crippen MR) is 48.6 cm³/mol. The molecule has 0 aromatic heterocycles. The highest BCUT2D eigenvalue weighted by atomic mass is 19.1. The Bertz CT molecular complexity index is 193. The zero-order valence-electron chi connectivity index (χ0n) is 8.91. The molecule has 3 atom stereocenters. The van der Waals surface area contributed by atoms with E-state index in [-0.39, 0.29) is 6.61 Å². The van der Waals surface area contributed by atoms with Crippen molar-refractivity contribution in [2.75, 3.05) is 13.7 Å². The Morgan fingerprint density at radius 1 is 1.64 bits per heavy atom. The highest BCUT2D eigenvalue weighted by Crippen LogP contribution is 2.21. The molecule has 0 aliphatic carbocycles. The van der Waals surface area contributed by atoms with Crippen molar-refractivity contribution in [2.24, 2.45) is 0 Å². The first-order chi connectivity index (χ1) is 6.37. The fourth-order valence-corrected chi connectivity index (χ4v) is 0.899. The number of hydrogen-bond acceptors (Lipinski definition) is 4. The van der Waals surface area contributed by atoms with E-state index < -0.39 is 23.8 Å². The SMILES string of the molecule is CCOC(=O)C(F)C(C)(O)C(C)OC. The summed E-state index contributed by atoms with van der Waals surface area (Å²) in [6, 6.07) is 0. The summed E-state index contributed by atoms with van der Waals surface area (Å²) in [6.45, 7) is 4.32. The van der Waals surface area contributed by atoms with Crippen molar-refractivity contribution in [1.82, 2.24) is 0 Å². The second-order valence-corrected chi connectivity index (χ2v) is 3.22. The van der Waals surface area contributed by atoms with Gasteiger partial charge in [-0.15, -0.1) is 0 Å². The molecule has 0 bridgehead atoms. The second-order valence-electron chi connectivity index (χ2n) is 3.22. The van der Waals surface area contributed by atoms with Gasteiger partial charge in [0.1, 0.15) is 5.60 Å². The molecule has 0 aromatic carbocycles. The summed E-state index contributed by atoms with van der Waals surface area (Å²) in [6.07, 6.45) is -2.89. The summed E-state index contributed by atoms with van der Waals surface area (Å²) in [5.74, 6) is -1.07. The number of rotatable bonds is 5. The van der Waals surface area contributed by atoms with E-state index in [1.54, 1.807) is 6.92 Å². The van der Waals surface area contributed by atoms with E-state index >= 15 is 0 Å². The van der Waals surface area contributed by atoms with Gasteiger partial charge in [0.05, 0.1) is 12.7 Å². The first-order valence-corrected chi connectivity index (χ1v) is 4.43. The van der Waals surface area contributed by atoms with Crippen molar-refractivity contribution >= 4 is 5.97 Å². The lowest BCUT2D eigenvalue weighted by Gasteiger charge is -2.30. The lowest BCUT2D eigenvalue weighted by Crippen LogP contribution is -2.51. The number of carbonyl (C=O) groups excluding carboxylic acids is 1. The Balaban J connectivity index is 4.48. The van der Waals surface area contributed by atoms with Crippen LogP contribution in [0, 0.1) is 0 Å². The fourth-order valence-electron chi connectivity index (χ4n) is 0.899. The second kappa shape index (κ2) is 5.26. The molecule has 1 N–H and O–H groups in total. The predicted octanol–water partition coefficient (Wildman–Crippen LogP) is 0.673. The van der Waals surface area contributed by atoms with Crippen LogP contribution in [0.5, 0.6) is 0 Å². The molecule has 0 saturated heterocycles. The lowest BCUT2D eigenvalue weighted by atomic mass is 9.94. The molecule has 0 heterocycles. The van der Waals surface area contributed by atoms with Crippen molar-refractivity contribution in [3.8, 4) is 0 Å². The van der Waals surface area contributed by atoms with Gasteiger partial charge in [0.15, 0.2) is 0 Å². The van der Waals surface area contributed by atoms with Crippen LogP contribution in [0.2, 0.25) is 0 Å². The van der Waals surface area contributed by atoms with Crippen LogP contribution in [0.15, 0.2) is 0 Å². The Morgan fingerprint density at radius 2 is 2.14 bits per heavy atom. The summed E-state index contributed by atoms with van der Waals surface area (Å²) in [5.41, 5.74) is -1.87. The van der Waals surface area contributed by atoms with E-state index in [9.17, 15) is 14.3 Å². The Kier molecular flexibility index (Phi) is 5.01. The number of hydrogen-bond donors (Lipinski definition) is 1. The van der Waals surface area contributed by atoms with Gasteiger partial charge < -0.3 is 14.6 Å². The smallest absolute Gasteiger partial charge is 0.343 e. The van der Waals surface area contributed by atoms with Crippen molar-refractivity contribution in [3.05, 3.63) is 0 Å². The Labute approximate surface area is 83.0 Å². The zero-order chi connectivity index (χ0) is 11.4. The molecule has 0 amide bonds. The lowest BCUT2D eigenvalue weighted by molar-refractivity contribution is -0.170. The Hall–Kier alpha value is -0.680. The van der Waals surface area contributed by atoms with Crippen molar-refractivity contribution in [3.63, 3.8) is 0 Å².